The normalized spacial score (nSPS) is 16.0. The number of nitro groups is 1. The number of hydrogen-bond acceptors (Lipinski definition) is 6. The Morgan fingerprint density at radius 2 is 2.28 bits per heavy atom. The predicted octanol–water partition coefficient (Wildman–Crippen LogP) is 0.847. The zero-order valence-corrected chi connectivity index (χ0v) is 9.37. The van der Waals surface area contributed by atoms with Crippen molar-refractivity contribution in [3.63, 3.8) is 0 Å². The number of aromatic nitrogens is 1. The van der Waals surface area contributed by atoms with Crippen molar-refractivity contribution in [2.75, 3.05) is 11.1 Å². The minimum atomic E-state index is -0.962. The van der Waals surface area contributed by atoms with E-state index in [0.717, 1.165) is 12.8 Å². The maximum atomic E-state index is 11.0. The highest BCUT2D eigenvalue weighted by Gasteiger charge is 2.36. The molecule has 0 radical (unpaired) electrons. The Morgan fingerprint density at radius 3 is 2.72 bits per heavy atom. The van der Waals surface area contributed by atoms with Crippen LogP contribution in [0.15, 0.2) is 12.1 Å². The maximum Gasteiger partial charge on any atom is 0.326 e. The molecule has 2 rings (SSSR count). The fourth-order valence-corrected chi connectivity index (χ4v) is 1.67. The van der Waals surface area contributed by atoms with Crippen LogP contribution in [0.5, 0.6) is 0 Å². The van der Waals surface area contributed by atoms with E-state index in [1.165, 1.54) is 12.1 Å². The lowest BCUT2D eigenvalue weighted by atomic mass is 10.2. The van der Waals surface area contributed by atoms with Crippen molar-refractivity contribution in [2.45, 2.75) is 18.9 Å². The summed E-state index contributed by atoms with van der Waals surface area (Å²) in [5.41, 5.74) is 5.13. The highest BCUT2D eigenvalue weighted by atomic mass is 16.6. The number of nitrogens with one attached hydrogen (secondary N) is 1. The summed E-state index contributed by atoms with van der Waals surface area (Å²) in [4.78, 5) is 24.7. The Hall–Kier alpha value is -2.38. The topological polar surface area (TPSA) is 131 Å². The lowest BCUT2D eigenvalue weighted by molar-refractivity contribution is -0.384. The molecule has 96 valence electrons. The Bertz CT molecular complexity index is 501. The van der Waals surface area contributed by atoms with E-state index >= 15 is 0 Å². The summed E-state index contributed by atoms with van der Waals surface area (Å²) >= 11 is 0. The number of carboxylic acids is 1. The van der Waals surface area contributed by atoms with Gasteiger partial charge < -0.3 is 16.2 Å². The Balaban J connectivity index is 2.16. The minimum absolute atomic E-state index is 0.0840. The number of nitrogens with zero attached hydrogens (tertiary/aromatic N) is 2. The van der Waals surface area contributed by atoms with Crippen LogP contribution in [0.1, 0.15) is 12.8 Å². The van der Waals surface area contributed by atoms with Gasteiger partial charge in [0.05, 0.1) is 4.92 Å². The summed E-state index contributed by atoms with van der Waals surface area (Å²) in [5, 5.41) is 22.3. The molecule has 1 aromatic heterocycles. The van der Waals surface area contributed by atoms with Gasteiger partial charge in [0.15, 0.2) is 0 Å². The van der Waals surface area contributed by atoms with E-state index < -0.39 is 16.9 Å². The number of rotatable bonds is 5. The zero-order valence-electron chi connectivity index (χ0n) is 9.37. The van der Waals surface area contributed by atoms with Gasteiger partial charge in [-0.2, -0.15) is 0 Å². The number of pyridine rings is 1. The maximum absolute atomic E-state index is 11.0. The van der Waals surface area contributed by atoms with Crippen LogP contribution in [0.2, 0.25) is 0 Å². The van der Waals surface area contributed by atoms with Crippen molar-refractivity contribution in [3.8, 4) is 0 Å². The van der Waals surface area contributed by atoms with Crippen LogP contribution in [0, 0.1) is 16.0 Å². The SMILES string of the molecule is Nc1nc(NC(C(=O)O)C2CC2)ccc1[N+](=O)[O-]. The van der Waals surface area contributed by atoms with Gasteiger partial charge in [0.1, 0.15) is 11.9 Å². The third-order valence-corrected chi connectivity index (χ3v) is 2.76. The number of nitrogens with two attached hydrogens (primary N) is 1. The third-order valence-electron chi connectivity index (χ3n) is 2.76. The van der Waals surface area contributed by atoms with Gasteiger partial charge in [-0.25, -0.2) is 9.78 Å². The average molecular weight is 252 g/mol. The third kappa shape index (κ3) is 2.47. The standard InChI is InChI=1S/C10H12N4O4/c11-9-6(14(17)18)3-4-7(13-9)12-8(10(15)16)5-1-2-5/h3-5,8H,1-2H2,(H,15,16)(H3,11,12,13). The molecule has 1 aromatic rings. The summed E-state index contributed by atoms with van der Waals surface area (Å²) in [5.74, 6) is -0.876. The lowest BCUT2D eigenvalue weighted by Crippen LogP contribution is -2.31. The van der Waals surface area contributed by atoms with Crippen LogP contribution in [0.4, 0.5) is 17.3 Å². The van der Waals surface area contributed by atoms with Crippen molar-refractivity contribution in [1.29, 1.82) is 0 Å². The minimum Gasteiger partial charge on any atom is -0.480 e. The van der Waals surface area contributed by atoms with Gasteiger partial charge in [0.25, 0.3) is 0 Å². The Morgan fingerprint density at radius 1 is 1.61 bits per heavy atom. The van der Waals surface area contributed by atoms with E-state index in [9.17, 15) is 14.9 Å². The molecule has 1 saturated carbocycles. The molecule has 1 aliphatic rings. The lowest BCUT2D eigenvalue weighted by Gasteiger charge is -2.14. The summed E-state index contributed by atoms with van der Waals surface area (Å²) in [6, 6.07) is 1.84. The van der Waals surface area contributed by atoms with Crippen LogP contribution in [0.3, 0.4) is 0 Å². The summed E-state index contributed by atoms with van der Waals surface area (Å²) in [6.07, 6.45) is 1.71. The molecule has 0 aromatic carbocycles. The van der Waals surface area contributed by atoms with Gasteiger partial charge in [-0.1, -0.05) is 0 Å². The van der Waals surface area contributed by atoms with Crippen molar-refractivity contribution >= 4 is 23.3 Å². The van der Waals surface area contributed by atoms with E-state index in [4.69, 9.17) is 10.8 Å². The fourth-order valence-electron chi connectivity index (χ4n) is 1.67. The van der Waals surface area contributed by atoms with Crippen LogP contribution in [-0.2, 0) is 4.79 Å². The van der Waals surface area contributed by atoms with Crippen LogP contribution in [-0.4, -0.2) is 27.0 Å². The van der Waals surface area contributed by atoms with E-state index in [-0.39, 0.29) is 23.2 Å². The quantitative estimate of drug-likeness (QED) is 0.522. The predicted molar refractivity (Wildman–Crippen MR) is 63.1 cm³/mol. The summed E-state index contributed by atoms with van der Waals surface area (Å²) in [6.45, 7) is 0. The van der Waals surface area contributed by atoms with Gasteiger partial charge >= 0.3 is 11.7 Å². The van der Waals surface area contributed by atoms with Crippen LogP contribution in [0.25, 0.3) is 0 Å². The average Bonchev–Trinajstić information content (AvgIpc) is 3.08. The van der Waals surface area contributed by atoms with Crippen molar-refractivity contribution in [1.82, 2.24) is 4.98 Å². The second kappa shape index (κ2) is 4.47. The highest BCUT2D eigenvalue weighted by molar-refractivity contribution is 5.78. The molecule has 18 heavy (non-hydrogen) atoms. The number of anilines is 2. The summed E-state index contributed by atoms with van der Waals surface area (Å²) in [7, 11) is 0. The van der Waals surface area contributed by atoms with Gasteiger partial charge in [-0.05, 0) is 24.8 Å². The molecule has 1 fully saturated rings. The molecule has 1 unspecified atom stereocenters. The van der Waals surface area contributed by atoms with Gasteiger partial charge in [0.2, 0.25) is 5.82 Å². The molecular formula is C10H12N4O4. The number of nitrogen functional groups attached to an aromatic ring is 1. The van der Waals surface area contributed by atoms with E-state index in [2.05, 4.69) is 10.3 Å². The van der Waals surface area contributed by atoms with Crippen molar-refractivity contribution < 1.29 is 14.8 Å². The number of carboxylic acid groups (broad SMARTS) is 1. The number of carbonyl (C=O) groups is 1. The Kier molecular flexibility index (Phi) is 3.00. The molecule has 0 bridgehead atoms. The molecule has 0 aliphatic heterocycles. The molecule has 8 nitrogen and oxygen atoms in total. The Labute approximate surface area is 102 Å². The van der Waals surface area contributed by atoms with E-state index in [0.29, 0.717) is 0 Å². The second-order valence-electron chi connectivity index (χ2n) is 4.16. The molecule has 4 N–H and O–H groups in total. The molecule has 8 heteroatoms. The second-order valence-corrected chi connectivity index (χ2v) is 4.16. The first-order valence-corrected chi connectivity index (χ1v) is 5.39. The monoisotopic (exact) mass is 252 g/mol. The van der Waals surface area contributed by atoms with Gasteiger partial charge in [-0.15, -0.1) is 0 Å². The highest BCUT2D eigenvalue weighted by Crippen LogP contribution is 2.34. The first kappa shape index (κ1) is 12.1. The number of aliphatic carboxylic acids is 1. The molecule has 1 atom stereocenters. The largest absolute Gasteiger partial charge is 0.480 e. The van der Waals surface area contributed by atoms with Crippen LogP contribution >= 0.6 is 0 Å². The zero-order chi connectivity index (χ0) is 13.3. The smallest absolute Gasteiger partial charge is 0.326 e. The first-order chi connectivity index (χ1) is 8.49. The van der Waals surface area contributed by atoms with Gasteiger partial charge in [-0.3, -0.25) is 10.1 Å². The van der Waals surface area contributed by atoms with Crippen molar-refractivity contribution in [2.24, 2.45) is 5.92 Å². The summed E-state index contributed by atoms with van der Waals surface area (Å²) < 4.78 is 0. The molecular weight excluding hydrogens is 240 g/mol. The molecule has 1 heterocycles. The molecule has 0 spiro atoms. The number of hydrogen-bond donors (Lipinski definition) is 3. The fraction of sp³-hybridized carbons (Fsp3) is 0.400. The van der Waals surface area contributed by atoms with Gasteiger partial charge in [0, 0.05) is 6.07 Å². The van der Waals surface area contributed by atoms with E-state index in [1.54, 1.807) is 0 Å². The van der Waals surface area contributed by atoms with Crippen molar-refractivity contribution in [3.05, 3.63) is 22.2 Å². The van der Waals surface area contributed by atoms with E-state index in [1.807, 2.05) is 0 Å². The van der Waals surface area contributed by atoms with Crippen LogP contribution < -0.4 is 11.1 Å². The molecule has 1 aliphatic carbocycles. The molecule has 0 saturated heterocycles. The first-order valence-electron chi connectivity index (χ1n) is 5.39. The molecule has 0 amide bonds.